The Bertz CT molecular complexity index is 1080. The van der Waals surface area contributed by atoms with Crippen LogP contribution in [0, 0.1) is 6.92 Å². The third-order valence-electron chi connectivity index (χ3n) is 6.92. The van der Waals surface area contributed by atoms with Crippen LogP contribution in [0.25, 0.3) is 0 Å². The molecule has 1 aliphatic carbocycles. The summed E-state index contributed by atoms with van der Waals surface area (Å²) in [6.07, 6.45) is 6.65. The van der Waals surface area contributed by atoms with Crippen molar-refractivity contribution in [2.45, 2.75) is 76.1 Å². The molecule has 0 aromatic heterocycles. The van der Waals surface area contributed by atoms with E-state index in [4.69, 9.17) is 7.85 Å². The summed E-state index contributed by atoms with van der Waals surface area (Å²) in [6, 6.07) is 14.8. The van der Waals surface area contributed by atoms with Crippen LogP contribution in [-0.4, -0.2) is 47.7 Å². The third-order valence-corrected chi connectivity index (χ3v) is 6.92. The predicted molar refractivity (Wildman–Crippen MR) is 133 cm³/mol. The molecule has 3 amide bonds. The molecule has 3 aliphatic rings. The Morgan fingerprint density at radius 1 is 1.03 bits per heavy atom. The van der Waals surface area contributed by atoms with Crippen molar-refractivity contribution in [2.75, 3.05) is 0 Å². The van der Waals surface area contributed by atoms with Crippen molar-refractivity contribution in [2.24, 2.45) is 0 Å². The standard InChI is InChI=1S/C14H14N2O3.C13H18BNO/c1-8-2-3-10-9(6-8)7-16(14(10)19)11-4-5-12(17)15-13(11)18;14-13(16,11-7-3-1-4-8-11)15-12-9-5-2-6-10-12/h2-3,6,11H,4-5,7H2,1H3,(H,15,17,18);1,3-4,7-8,12,15-16H,2,5-6,9-10H2. The molecule has 3 N–H and O–H groups in total. The van der Waals surface area contributed by atoms with E-state index in [2.05, 4.69) is 10.6 Å². The van der Waals surface area contributed by atoms with Crippen LogP contribution in [-0.2, 0) is 21.8 Å². The van der Waals surface area contributed by atoms with Gasteiger partial charge in [0.05, 0.1) is 5.62 Å². The lowest BCUT2D eigenvalue weighted by atomic mass is 9.82. The molecule has 2 aliphatic heterocycles. The van der Waals surface area contributed by atoms with Crippen LogP contribution in [0.5, 0.6) is 0 Å². The van der Waals surface area contributed by atoms with Gasteiger partial charge >= 0.3 is 0 Å². The highest BCUT2D eigenvalue weighted by Gasteiger charge is 2.38. The van der Waals surface area contributed by atoms with Gasteiger partial charge in [-0.05, 0) is 43.4 Å². The first kappa shape index (κ1) is 25.1. The van der Waals surface area contributed by atoms with Gasteiger partial charge in [-0.15, -0.1) is 0 Å². The lowest BCUT2D eigenvalue weighted by Gasteiger charge is -2.33. The molecule has 5 rings (SSSR count). The molecule has 2 atom stereocenters. The number of amides is 3. The fraction of sp³-hybridized carbons (Fsp3) is 0.444. The number of nitrogens with zero attached hydrogens (tertiary/aromatic N) is 1. The number of piperidine rings is 1. The molecule has 1 saturated carbocycles. The highest BCUT2D eigenvalue weighted by molar-refractivity contribution is 6.14. The molecule has 2 radical (unpaired) electrons. The number of fused-ring (bicyclic) bond motifs is 1. The number of benzene rings is 2. The number of rotatable bonds is 4. The molecular weight excluding hydrogens is 441 g/mol. The number of hydrogen-bond acceptors (Lipinski definition) is 5. The van der Waals surface area contributed by atoms with Crippen molar-refractivity contribution in [3.63, 3.8) is 0 Å². The highest BCUT2D eigenvalue weighted by atomic mass is 16.3. The van der Waals surface area contributed by atoms with Gasteiger partial charge in [-0.3, -0.25) is 25.0 Å². The Labute approximate surface area is 207 Å². The summed E-state index contributed by atoms with van der Waals surface area (Å²) in [7, 11) is 5.91. The maximum atomic E-state index is 12.3. The number of aryl methyl sites for hydroxylation is 1. The van der Waals surface area contributed by atoms with Gasteiger partial charge in [0.1, 0.15) is 13.9 Å². The molecule has 7 nitrogen and oxygen atoms in total. The maximum Gasteiger partial charge on any atom is 0.255 e. The van der Waals surface area contributed by atoms with Gasteiger partial charge in [-0.1, -0.05) is 67.3 Å². The Morgan fingerprint density at radius 3 is 2.43 bits per heavy atom. The van der Waals surface area contributed by atoms with E-state index < -0.39 is 11.7 Å². The Morgan fingerprint density at radius 2 is 1.74 bits per heavy atom. The molecule has 2 aromatic rings. The van der Waals surface area contributed by atoms with E-state index in [0.29, 0.717) is 24.6 Å². The number of aliphatic hydroxyl groups is 1. The van der Waals surface area contributed by atoms with Crippen LogP contribution in [0.1, 0.15) is 72.0 Å². The Hall–Kier alpha value is -2.97. The summed E-state index contributed by atoms with van der Waals surface area (Å²) in [5.74, 6) is -0.750. The number of hydrogen-bond donors (Lipinski definition) is 3. The lowest BCUT2D eigenvalue weighted by Crippen LogP contribution is -2.52. The number of nitrogens with one attached hydrogen (secondary N) is 2. The van der Waals surface area contributed by atoms with Gasteiger partial charge in [0, 0.05) is 24.6 Å². The first-order valence-corrected chi connectivity index (χ1v) is 12.3. The fourth-order valence-electron chi connectivity index (χ4n) is 5.04. The van der Waals surface area contributed by atoms with Crippen molar-refractivity contribution in [1.29, 1.82) is 0 Å². The average Bonchev–Trinajstić information content (AvgIpc) is 3.15. The van der Waals surface area contributed by atoms with Gasteiger partial charge in [-0.25, -0.2) is 0 Å². The summed E-state index contributed by atoms with van der Waals surface area (Å²) < 4.78 is 0. The second-order valence-corrected chi connectivity index (χ2v) is 9.67. The molecule has 1 saturated heterocycles. The minimum absolute atomic E-state index is 0.121. The first-order chi connectivity index (χ1) is 16.7. The van der Waals surface area contributed by atoms with E-state index in [9.17, 15) is 19.5 Å². The van der Waals surface area contributed by atoms with Crippen molar-refractivity contribution in [3.8, 4) is 0 Å². The predicted octanol–water partition coefficient (Wildman–Crippen LogP) is 2.64. The zero-order chi connectivity index (χ0) is 25.0. The van der Waals surface area contributed by atoms with Gasteiger partial charge in [-0.2, -0.15) is 0 Å². The summed E-state index contributed by atoms with van der Waals surface area (Å²) in [6.45, 7) is 2.42. The molecule has 2 aromatic carbocycles. The SMILES string of the molecule is Cc1ccc2c(c1)CN(C1CCC(=O)NC1=O)C2=O.[B]C(O)(NC1CCCCC1)c1ccccc1. The number of carbonyl (C=O) groups is 3. The van der Waals surface area contributed by atoms with Crippen LogP contribution >= 0.6 is 0 Å². The first-order valence-electron chi connectivity index (χ1n) is 12.3. The van der Waals surface area contributed by atoms with Gasteiger partial charge < -0.3 is 10.0 Å². The van der Waals surface area contributed by atoms with Crippen LogP contribution in [0.4, 0.5) is 0 Å². The van der Waals surface area contributed by atoms with E-state index in [1.165, 1.54) is 19.3 Å². The van der Waals surface area contributed by atoms with E-state index in [0.717, 1.165) is 29.5 Å². The van der Waals surface area contributed by atoms with Gasteiger partial charge in [0.2, 0.25) is 11.8 Å². The van der Waals surface area contributed by atoms with Crippen LogP contribution in [0.2, 0.25) is 0 Å². The molecule has 0 spiro atoms. The normalized spacial score (nSPS) is 22.1. The van der Waals surface area contributed by atoms with E-state index in [-0.39, 0.29) is 24.1 Å². The van der Waals surface area contributed by atoms with Crippen LogP contribution in [0.15, 0.2) is 48.5 Å². The molecule has 35 heavy (non-hydrogen) atoms. The van der Waals surface area contributed by atoms with Gasteiger partial charge in [0.25, 0.3) is 5.91 Å². The van der Waals surface area contributed by atoms with E-state index >= 15 is 0 Å². The fourth-order valence-corrected chi connectivity index (χ4v) is 5.04. The van der Waals surface area contributed by atoms with Crippen LogP contribution in [0.3, 0.4) is 0 Å². The second kappa shape index (κ2) is 10.7. The van der Waals surface area contributed by atoms with Crippen molar-refractivity contribution >= 4 is 25.6 Å². The minimum atomic E-state index is -1.40. The summed E-state index contributed by atoms with van der Waals surface area (Å²) in [5, 5.41) is 15.6. The maximum absolute atomic E-state index is 12.3. The highest BCUT2D eigenvalue weighted by Crippen LogP contribution is 2.28. The van der Waals surface area contributed by atoms with Crippen molar-refractivity contribution in [1.82, 2.24) is 15.5 Å². The molecule has 0 bridgehead atoms. The smallest absolute Gasteiger partial charge is 0.255 e. The largest absolute Gasteiger partial charge is 0.381 e. The summed E-state index contributed by atoms with van der Waals surface area (Å²) in [5.41, 5.74) is 2.03. The van der Waals surface area contributed by atoms with E-state index in [1.54, 1.807) is 11.0 Å². The quantitative estimate of drug-likeness (QED) is 0.360. The molecule has 2 heterocycles. The average molecular weight is 473 g/mol. The number of carbonyl (C=O) groups excluding carboxylic acids is 3. The van der Waals surface area contributed by atoms with Crippen molar-refractivity contribution < 1.29 is 19.5 Å². The monoisotopic (exact) mass is 473 g/mol. The Balaban J connectivity index is 0.000000168. The topological polar surface area (TPSA) is 98.7 Å². The third kappa shape index (κ3) is 6.00. The summed E-state index contributed by atoms with van der Waals surface area (Å²) >= 11 is 0. The molecule has 182 valence electrons. The zero-order valence-corrected chi connectivity index (χ0v) is 20.1. The Kier molecular flexibility index (Phi) is 7.72. The van der Waals surface area contributed by atoms with Crippen LogP contribution < -0.4 is 10.6 Å². The van der Waals surface area contributed by atoms with E-state index in [1.807, 2.05) is 49.4 Å². The molecule has 2 unspecified atom stereocenters. The molecular formula is C27H32BN3O4. The van der Waals surface area contributed by atoms with Crippen molar-refractivity contribution in [3.05, 3.63) is 70.8 Å². The lowest BCUT2D eigenvalue weighted by molar-refractivity contribution is -0.136. The number of imide groups is 1. The minimum Gasteiger partial charge on any atom is -0.381 e. The van der Waals surface area contributed by atoms with Gasteiger partial charge in [0.15, 0.2) is 0 Å². The zero-order valence-electron chi connectivity index (χ0n) is 20.1. The molecule has 8 heteroatoms. The summed E-state index contributed by atoms with van der Waals surface area (Å²) in [4.78, 5) is 36.8. The second-order valence-electron chi connectivity index (χ2n) is 9.67. The molecule has 2 fully saturated rings.